The Bertz CT molecular complexity index is 420. The molecule has 17 heavy (non-hydrogen) atoms. The summed E-state index contributed by atoms with van der Waals surface area (Å²) in [6.07, 6.45) is 0.944. The Morgan fingerprint density at radius 3 is 2.94 bits per heavy atom. The van der Waals surface area contributed by atoms with Crippen LogP contribution in [0.3, 0.4) is 0 Å². The van der Waals surface area contributed by atoms with Gasteiger partial charge in [0.15, 0.2) is 0 Å². The highest BCUT2D eigenvalue weighted by Gasteiger charge is 2.39. The van der Waals surface area contributed by atoms with E-state index in [0.717, 1.165) is 22.9 Å². The number of aliphatic carboxylic acids is 1. The Balaban J connectivity index is 2.19. The average molecular weight is 274 g/mol. The van der Waals surface area contributed by atoms with Crippen LogP contribution in [0.1, 0.15) is 31.9 Å². The molecule has 0 aromatic carbocycles. The zero-order chi connectivity index (χ0) is 12.6. The number of hydrogen-bond acceptors (Lipinski definition) is 3. The van der Waals surface area contributed by atoms with Crippen LogP contribution in [-0.2, 0) is 4.79 Å². The van der Waals surface area contributed by atoms with E-state index in [1.54, 1.807) is 0 Å². The van der Waals surface area contributed by atoms with Crippen LogP contribution in [0.15, 0.2) is 11.4 Å². The first-order valence-electron chi connectivity index (χ1n) is 5.73. The van der Waals surface area contributed by atoms with E-state index >= 15 is 0 Å². The second-order valence-electron chi connectivity index (χ2n) is 4.65. The number of likely N-dealkylation sites (tertiary alicyclic amines) is 1. The zero-order valence-electron chi connectivity index (χ0n) is 9.89. The normalized spacial score (nSPS) is 27.2. The predicted molar refractivity (Wildman–Crippen MR) is 69.7 cm³/mol. The smallest absolute Gasteiger partial charge is 0.321 e. The minimum Gasteiger partial charge on any atom is -0.480 e. The molecule has 1 saturated heterocycles. The van der Waals surface area contributed by atoms with Gasteiger partial charge < -0.3 is 5.11 Å². The van der Waals surface area contributed by atoms with Gasteiger partial charge in [0.25, 0.3) is 0 Å². The quantitative estimate of drug-likeness (QED) is 0.919. The lowest BCUT2D eigenvalue weighted by Crippen LogP contribution is -2.40. The summed E-state index contributed by atoms with van der Waals surface area (Å²) in [5.41, 5.74) is 1.11. The molecular formula is C12H16ClNO2S. The number of rotatable bonds is 3. The van der Waals surface area contributed by atoms with Gasteiger partial charge >= 0.3 is 5.97 Å². The fourth-order valence-electron chi connectivity index (χ4n) is 2.53. The Morgan fingerprint density at radius 1 is 1.71 bits per heavy atom. The van der Waals surface area contributed by atoms with E-state index in [9.17, 15) is 9.90 Å². The average Bonchev–Trinajstić information content (AvgIpc) is 2.83. The van der Waals surface area contributed by atoms with Crippen LogP contribution in [0, 0.1) is 5.92 Å². The third-order valence-corrected chi connectivity index (χ3v) is 4.67. The summed E-state index contributed by atoms with van der Waals surface area (Å²) < 4.78 is 0.756. The molecule has 94 valence electrons. The number of nitrogens with zero attached hydrogens (tertiary/aromatic N) is 1. The molecule has 2 heterocycles. The third kappa shape index (κ3) is 2.49. The fraction of sp³-hybridized carbons (Fsp3) is 0.583. The summed E-state index contributed by atoms with van der Waals surface area (Å²) in [4.78, 5) is 13.4. The Morgan fingerprint density at radius 2 is 2.41 bits per heavy atom. The lowest BCUT2D eigenvalue weighted by molar-refractivity contribution is -0.144. The summed E-state index contributed by atoms with van der Waals surface area (Å²) in [7, 11) is 0. The predicted octanol–water partition coefficient (Wildman–Crippen LogP) is 3.26. The topological polar surface area (TPSA) is 40.5 Å². The lowest BCUT2D eigenvalue weighted by Gasteiger charge is -2.29. The molecule has 3 unspecified atom stereocenters. The molecule has 3 nitrogen and oxygen atoms in total. The van der Waals surface area contributed by atoms with Crippen LogP contribution in [0.4, 0.5) is 0 Å². The second kappa shape index (κ2) is 4.96. The van der Waals surface area contributed by atoms with E-state index in [1.165, 1.54) is 11.3 Å². The van der Waals surface area contributed by atoms with Crippen molar-refractivity contribution in [1.82, 2.24) is 4.90 Å². The number of thiophene rings is 1. The van der Waals surface area contributed by atoms with Crippen molar-refractivity contribution in [2.24, 2.45) is 5.92 Å². The number of hydrogen-bond donors (Lipinski definition) is 1. The van der Waals surface area contributed by atoms with E-state index < -0.39 is 5.97 Å². The Hall–Kier alpha value is -0.580. The molecule has 0 bridgehead atoms. The third-order valence-electron chi connectivity index (χ3n) is 3.56. The van der Waals surface area contributed by atoms with Gasteiger partial charge in [0, 0.05) is 6.04 Å². The van der Waals surface area contributed by atoms with Gasteiger partial charge in [-0.15, -0.1) is 11.3 Å². The van der Waals surface area contributed by atoms with E-state index in [0.29, 0.717) is 0 Å². The summed E-state index contributed by atoms with van der Waals surface area (Å²) in [6, 6.07) is 1.67. The fourth-order valence-corrected chi connectivity index (χ4v) is 3.51. The van der Waals surface area contributed by atoms with Gasteiger partial charge in [-0.3, -0.25) is 9.69 Å². The van der Waals surface area contributed by atoms with Crippen LogP contribution in [0.25, 0.3) is 0 Å². The van der Waals surface area contributed by atoms with Crippen molar-refractivity contribution in [3.05, 3.63) is 21.3 Å². The van der Waals surface area contributed by atoms with Crippen molar-refractivity contribution >= 4 is 28.9 Å². The molecule has 1 N–H and O–H groups in total. The van der Waals surface area contributed by atoms with Gasteiger partial charge in [-0.25, -0.2) is 0 Å². The maximum atomic E-state index is 11.3. The highest BCUT2D eigenvalue weighted by molar-refractivity contribution is 7.14. The molecule has 1 aliphatic heterocycles. The van der Waals surface area contributed by atoms with Crippen LogP contribution >= 0.6 is 22.9 Å². The largest absolute Gasteiger partial charge is 0.480 e. The first-order valence-corrected chi connectivity index (χ1v) is 6.99. The maximum absolute atomic E-state index is 11.3. The van der Waals surface area contributed by atoms with Gasteiger partial charge in [0.2, 0.25) is 0 Å². The lowest BCUT2D eigenvalue weighted by atomic mass is 10.0. The standard InChI is InChI=1S/C12H16ClNO2S/c1-7-3-4-14(11(7)12(15)16)8(2)9-5-10(13)17-6-9/h5-8,11H,3-4H2,1-2H3,(H,15,16). The van der Waals surface area contributed by atoms with Crippen molar-refractivity contribution in [2.45, 2.75) is 32.4 Å². The first-order chi connectivity index (χ1) is 8.00. The molecule has 1 aromatic heterocycles. The van der Waals surface area contributed by atoms with Crippen molar-refractivity contribution in [2.75, 3.05) is 6.54 Å². The minimum atomic E-state index is -0.719. The van der Waals surface area contributed by atoms with Crippen LogP contribution in [-0.4, -0.2) is 28.6 Å². The number of carboxylic acids is 1. The molecule has 1 aromatic rings. The van der Waals surface area contributed by atoms with Gasteiger partial charge in [-0.1, -0.05) is 18.5 Å². The summed E-state index contributed by atoms with van der Waals surface area (Å²) >= 11 is 7.42. The molecule has 0 spiro atoms. The first kappa shape index (κ1) is 12.9. The van der Waals surface area contributed by atoms with E-state index in [1.807, 2.05) is 25.3 Å². The Labute approximate surface area is 110 Å². The molecule has 0 radical (unpaired) electrons. The van der Waals surface area contributed by atoms with Crippen LogP contribution < -0.4 is 0 Å². The van der Waals surface area contributed by atoms with Gasteiger partial charge in [0.05, 0.1) is 4.34 Å². The van der Waals surface area contributed by atoms with E-state index in [-0.39, 0.29) is 18.0 Å². The zero-order valence-corrected chi connectivity index (χ0v) is 11.5. The van der Waals surface area contributed by atoms with Crippen molar-refractivity contribution in [1.29, 1.82) is 0 Å². The maximum Gasteiger partial charge on any atom is 0.321 e. The highest BCUT2D eigenvalue weighted by Crippen LogP contribution is 2.35. The molecule has 0 amide bonds. The monoisotopic (exact) mass is 273 g/mol. The summed E-state index contributed by atoms with van der Waals surface area (Å²) in [5, 5.41) is 11.3. The molecule has 5 heteroatoms. The number of carbonyl (C=O) groups is 1. The summed E-state index contributed by atoms with van der Waals surface area (Å²) in [5.74, 6) is -0.507. The summed E-state index contributed by atoms with van der Waals surface area (Å²) in [6.45, 7) is 4.89. The van der Waals surface area contributed by atoms with Gasteiger partial charge in [-0.05, 0) is 42.8 Å². The molecule has 1 fully saturated rings. The molecule has 0 aliphatic carbocycles. The number of halogens is 1. The van der Waals surface area contributed by atoms with Crippen molar-refractivity contribution < 1.29 is 9.90 Å². The molecular weight excluding hydrogens is 258 g/mol. The number of carboxylic acid groups (broad SMARTS) is 1. The van der Waals surface area contributed by atoms with E-state index in [4.69, 9.17) is 11.6 Å². The highest BCUT2D eigenvalue weighted by atomic mass is 35.5. The van der Waals surface area contributed by atoms with Crippen LogP contribution in [0.2, 0.25) is 4.34 Å². The minimum absolute atomic E-state index is 0.116. The molecule has 0 saturated carbocycles. The van der Waals surface area contributed by atoms with E-state index in [2.05, 4.69) is 4.90 Å². The second-order valence-corrected chi connectivity index (χ2v) is 6.19. The SMILES string of the molecule is CC1CCN(C(C)c2csc(Cl)c2)C1C(=O)O. The molecule has 3 atom stereocenters. The van der Waals surface area contributed by atoms with Crippen LogP contribution in [0.5, 0.6) is 0 Å². The van der Waals surface area contributed by atoms with Crippen molar-refractivity contribution in [3.63, 3.8) is 0 Å². The van der Waals surface area contributed by atoms with Gasteiger partial charge in [-0.2, -0.15) is 0 Å². The Kier molecular flexibility index (Phi) is 3.76. The molecule has 1 aliphatic rings. The van der Waals surface area contributed by atoms with Gasteiger partial charge in [0.1, 0.15) is 6.04 Å². The van der Waals surface area contributed by atoms with Crippen molar-refractivity contribution in [3.8, 4) is 0 Å². The molecule has 2 rings (SSSR count).